The second kappa shape index (κ2) is 6.01. The Morgan fingerprint density at radius 2 is 2.32 bits per heavy atom. The summed E-state index contributed by atoms with van der Waals surface area (Å²) in [6, 6.07) is 3.39. The van der Waals surface area contributed by atoms with Gasteiger partial charge in [0.1, 0.15) is 5.69 Å². The van der Waals surface area contributed by atoms with Crippen molar-refractivity contribution in [1.29, 1.82) is 0 Å². The molecule has 1 aliphatic heterocycles. The molecule has 0 bridgehead atoms. The summed E-state index contributed by atoms with van der Waals surface area (Å²) in [5, 5.41) is 2.69. The number of hydrogen-bond acceptors (Lipinski definition) is 4. The number of alkyl carbamates (subject to hydrolysis) is 1. The average Bonchev–Trinajstić information content (AvgIpc) is 2.87. The first-order valence-electron chi connectivity index (χ1n) is 5.85. The van der Waals surface area contributed by atoms with Gasteiger partial charge in [0.05, 0.1) is 13.2 Å². The van der Waals surface area contributed by atoms with Crippen molar-refractivity contribution in [2.45, 2.75) is 12.5 Å². The van der Waals surface area contributed by atoms with E-state index in [4.69, 9.17) is 0 Å². The Morgan fingerprint density at radius 3 is 2.95 bits per heavy atom. The summed E-state index contributed by atoms with van der Waals surface area (Å²) in [6.45, 7) is 1.08. The van der Waals surface area contributed by atoms with Crippen LogP contribution < -0.4 is 5.32 Å². The van der Waals surface area contributed by atoms with E-state index in [1.807, 2.05) is 0 Å². The SMILES string of the molecule is COC(=O)NC1CCN(C(=O)c2ccc(Br)cn2)C1. The number of ether oxygens (including phenoxy) is 1. The second-order valence-electron chi connectivity index (χ2n) is 4.23. The summed E-state index contributed by atoms with van der Waals surface area (Å²) in [6.07, 6.45) is 1.84. The lowest BCUT2D eigenvalue weighted by Gasteiger charge is -2.16. The van der Waals surface area contributed by atoms with Gasteiger partial charge in [0.25, 0.3) is 5.91 Å². The minimum atomic E-state index is -0.471. The molecule has 2 amide bonds. The van der Waals surface area contributed by atoms with E-state index in [0.717, 1.165) is 10.9 Å². The van der Waals surface area contributed by atoms with E-state index < -0.39 is 6.09 Å². The normalized spacial score (nSPS) is 18.2. The van der Waals surface area contributed by atoms with E-state index in [1.165, 1.54) is 7.11 Å². The largest absolute Gasteiger partial charge is 0.453 e. The highest BCUT2D eigenvalue weighted by Gasteiger charge is 2.28. The Labute approximate surface area is 119 Å². The van der Waals surface area contributed by atoms with E-state index >= 15 is 0 Å². The van der Waals surface area contributed by atoms with Crippen molar-refractivity contribution in [3.8, 4) is 0 Å². The number of nitrogens with zero attached hydrogens (tertiary/aromatic N) is 2. The number of nitrogens with one attached hydrogen (secondary N) is 1. The number of methoxy groups -OCH3 is 1. The number of carbonyl (C=O) groups is 2. The van der Waals surface area contributed by atoms with Crippen LogP contribution in [0.5, 0.6) is 0 Å². The third-order valence-corrected chi connectivity index (χ3v) is 3.40. The molecule has 1 aromatic rings. The number of halogens is 1. The minimum Gasteiger partial charge on any atom is -0.453 e. The number of pyridine rings is 1. The lowest BCUT2D eigenvalue weighted by molar-refractivity contribution is 0.0782. The highest BCUT2D eigenvalue weighted by molar-refractivity contribution is 9.10. The Morgan fingerprint density at radius 1 is 1.53 bits per heavy atom. The van der Waals surface area contributed by atoms with Crippen molar-refractivity contribution in [1.82, 2.24) is 15.2 Å². The molecule has 1 aliphatic rings. The molecule has 7 heteroatoms. The van der Waals surface area contributed by atoms with E-state index in [1.54, 1.807) is 23.2 Å². The maximum absolute atomic E-state index is 12.2. The van der Waals surface area contributed by atoms with Crippen molar-refractivity contribution in [2.24, 2.45) is 0 Å². The molecule has 102 valence electrons. The molecule has 0 aliphatic carbocycles. The van der Waals surface area contributed by atoms with E-state index in [2.05, 4.69) is 31.0 Å². The van der Waals surface area contributed by atoms with Crippen molar-refractivity contribution < 1.29 is 14.3 Å². The number of amides is 2. The Bertz CT molecular complexity index is 478. The molecule has 0 aromatic carbocycles. The number of rotatable bonds is 2. The van der Waals surface area contributed by atoms with E-state index in [0.29, 0.717) is 18.8 Å². The minimum absolute atomic E-state index is 0.0631. The van der Waals surface area contributed by atoms with Gasteiger partial charge in [0.2, 0.25) is 0 Å². The van der Waals surface area contributed by atoms with Gasteiger partial charge in [0.15, 0.2) is 0 Å². The topological polar surface area (TPSA) is 71.5 Å². The van der Waals surface area contributed by atoms with Crippen LogP contribution in [0.15, 0.2) is 22.8 Å². The van der Waals surface area contributed by atoms with Crippen LogP contribution in [-0.2, 0) is 4.74 Å². The van der Waals surface area contributed by atoms with Crippen LogP contribution >= 0.6 is 15.9 Å². The first kappa shape index (κ1) is 13.8. The molecule has 1 unspecified atom stereocenters. The smallest absolute Gasteiger partial charge is 0.407 e. The number of carbonyl (C=O) groups excluding carboxylic acids is 2. The monoisotopic (exact) mass is 327 g/mol. The van der Waals surface area contributed by atoms with E-state index in [9.17, 15) is 9.59 Å². The number of likely N-dealkylation sites (tertiary alicyclic amines) is 1. The van der Waals surface area contributed by atoms with Gasteiger partial charge in [-0.15, -0.1) is 0 Å². The van der Waals surface area contributed by atoms with Crippen LogP contribution in [0.1, 0.15) is 16.9 Å². The predicted octanol–water partition coefficient (Wildman–Crippen LogP) is 1.41. The van der Waals surface area contributed by atoms with Crippen LogP contribution in [0.25, 0.3) is 0 Å². The molecule has 6 nitrogen and oxygen atoms in total. The van der Waals surface area contributed by atoms with Crippen molar-refractivity contribution in [3.05, 3.63) is 28.5 Å². The van der Waals surface area contributed by atoms with Gasteiger partial charge in [-0.05, 0) is 34.5 Å². The first-order chi connectivity index (χ1) is 9.10. The van der Waals surface area contributed by atoms with Crippen molar-refractivity contribution >= 4 is 27.9 Å². The summed E-state index contributed by atoms with van der Waals surface area (Å²) >= 11 is 3.27. The van der Waals surface area contributed by atoms with Crippen molar-refractivity contribution in [3.63, 3.8) is 0 Å². The van der Waals surface area contributed by atoms with Crippen molar-refractivity contribution in [2.75, 3.05) is 20.2 Å². The lowest BCUT2D eigenvalue weighted by Crippen LogP contribution is -2.38. The quantitative estimate of drug-likeness (QED) is 0.891. The Balaban J connectivity index is 1.95. The highest BCUT2D eigenvalue weighted by atomic mass is 79.9. The fourth-order valence-corrected chi connectivity index (χ4v) is 2.19. The van der Waals surface area contributed by atoms with Gasteiger partial charge in [-0.25, -0.2) is 9.78 Å². The van der Waals surface area contributed by atoms with Crippen LogP contribution in [0.3, 0.4) is 0 Å². The lowest BCUT2D eigenvalue weighted by atomic mass is 10.3. The van der Waals surface area contributed by atoms with Gasteiger partial charge in [-0.2, -0.15) is 0 Å². The summed E-state index contributed by atoms with van der Waals surface area (Å²) in [5.41, 5.74) is 0.405. The third kappa shape index (κ3) is 3.44. The molecular weight excluding hydrogens is 314 g/mol. The average molecular weight is 328 g/mol. The fourth-order valence-electron chi connectivity index (χ4n) is 1.95. The standard InChI is InChI=1S/C12H14BrN3O3/c1-19-12(18)15-9-4-5-16(7-9)11(17)10-3-2-8(13)6-14-10/h2-3,6,9H,4-5,7H2,1H3,(H,15,18). The molecule has 1 saturated heterocycles. The number of aromatic nitrogens is 1. The van der Waals surface area contributed by atoms with E-state index in [-0.39, 0.29) is 11.9 Å². The maximum Gasteiger partial charge on any atom is 0.407 e. The van der Waals surface area contributed by atoms with Gasteiger partial charge < -0.3 is 15.0 Å². The van der Waals surface area contributed by atoms with Gasteiger partial charge in [0, 0.05) is 23.8 Å². The predicted molar refractivity (Wildman–Crippen MR) is 71.8 cm³/mol. The number of hydrogen-bond donors (Lipinski definition) is 1. The molecule has 1 N–H and O–H groups in total. The molecule has 2 rings (SSSR count). The molecule has 0 radical (unpaired) electrons. The summed E-state index contributed by atoms with van der Waals surface area (Å²) < 4.78 is 5.36. The van der Waals surface area contributed by atoms with Crippen LogP contribution in [-0.4, -0.2) is 48.1 Å². The van der Waals surface area contributed by atoms with Gasteiger partial charge >= 0.3 is 6.09 Å². The maximum atomic E-state index is 12.2. The Kier molecular flexibility index (Phi) is 4.36. The molecular formula is C12H14BrN3O3. The second-order valence-corrected chi connectivity index (χ2v) is 5.15. The van der Waals surface area contributed by atoms with Crippen LogP contribution in [0.2, 0.25) is 0 Å². The molecule has 19 heavy (non-hydrogen) atoms. The Hall–Kier alpha value is -1.63. The first-order valence-corrected chi connectivity index (χ1v) is 6.64. The van der Waals surface area contributed by atoms with Crippen LogP contribution in [0, 0.1) is 0 Å². The molecule has 1 fully saturated rings. The third-order valence-electron chi connectivity index (χ3n) is 2.93. The zero-order chi connectivity index (χ0) is 13.8. The molecule has 1 atom stereocenters. The molecule has 0 saturated carbocycles. The van der Waals surface area contributed by atoms with Crippen LogP contribution in [0.4, 0.5) is 4.79 Å². The summed E-state index contributed by atoms with van der Waals surface area (Å²) in [5.74, 6) is -0.123. The zero-order valence-corrected chi connectivity index (χ0v) is 12.0. The summed E-state index contributed by atoms with van der Waals surface area (Å²) in [4.78, 5) is 29.0. The summed E-state index contributed by atoms with van der Waals surface area (Å²) in [7, 11) is 1.32. The van der Waals surface area contributed by atoms with Gasteiger partial charge in [-0.3, -0.25) is 4.79 Å². The molecule has 2 heterocycles. The van der Waals surface area contributed by atoms with Gasteiger partial charge in [-0.1, -0.05) is 0 Å². The molecule has 1 aromatic heterocycles. The fraction of sp³-hybridized carbons (Fsp3) is 0.417. The highest BCUT2D eigenvalue weighted by Crippen LogP contribution is 2.14. The molecule has 0 spiro atoms. The zero-order valence-electron chi connectivity index (χ0n) is 10.4.